The molecule has 3 fully saturated rings. The van der Waals surface area contributed by atoms with Crippen molar-refractivity contribution in [3.63, 3.8) is 0 Å². The van der Waals surface area contributed by atoms with Crippen LogP contribution >= 0.6 is 0 Å². The number of piperidine rings is 1. The Kier molecular flexibility index (Phi) is 7.71. The third-order valence-corrected chi connectivity index (χ3v) is 6.02. The Bertz CT molecular complexity index is 809. The maximum atomic E-state index is 13.4. The summed E-state index contributed by atoms with van der Waals surface area (Å²) in [6.45, 7) is 5.21. The highest BCUT2D eigenvalue weighted by atomic mass is 19.4. The summed E-state index contributed by atoms with van der Waals surface area (Å²) in [5.41, 5.74) is 0.0741. The number of aliphatic carboxylic acids is 1. The SMILES string of the molecule is O=C(O)C(F)(F)F.O=C(c1cc(F)cc(F)c1)N1C[C@@H]2[C@@H](CN3CCCCC3)CO[C@@H]2C1. The van der Waals surface area contributed by atoms with Crippen LogP contribution in [-0.2, 0) is 9.53 Å². The first-order valence-electron chi connectivity index (χ1n) is 10.4. The van der Waals surface area contributed by atoms with E-state index >= 15 is 0 Å². The maximum absolute atomic E-state index is 13.4. The van der Waals surface area contributed by atoms with E-state index in [9.17, 15) is 26.7 Å². The molecule has 1 aromatic carbocycles. The van der Waals surface area contributed by atoms with Gasteiger partial charge >= 0.3 is 12.1 Å². The van der Waals surface area contributed by atoms with Crippen molar-refractivity contribution < 1.29 is 41.4 Å². The largest absolute Gasteiger partial charge is 0.490 e. The van der Waals surface area contributed by atoms with Crippen LogP contribution in [0.5, 0.6) is 0 Å². The molecular formula is C21H25F5N2O4. The molecule has 0 spiro atoms. The van der Waals surface area contributed by atoms with Crippen LogP contribution in [0, 0.1) is 23.5 Å². The highest BCUT2D eigenvalue weighted by Gasteiger charge is 2.45. The summed E-state index contributed by atoms with van der Waals surface area (Å²) in [6.07, 6.45) is -1.19. The van der Waals surface area contributed by atoms with E-state index in [0.717, 1.165) is 44.4 Å². The van der Waals surface area contributed by atoms with E-state index in [2.05, 4.69) is 4.90 Å². The van der Waals surface area contributed by atoms with Crippen molar-refractivity contribution in [3.05, 3.63) is 35.4 Å². The van der Waals surface area contributed by atoms with E-state index in [1.54, 1.807) is 4.90 Å². The Labute approximate surface area is 181 Å². The third-order valence-electron chi connectivity index (χ3n) is 6.02. The van der Waals surface area contributed by atoms with Crippen LogP contribution in [0.25, 0.3) is 0 Å². The molecular weight excluding hydrogens is 439 g/mol. The predicted octanol–water partition coefficient (Wildman–Crippen LogP) is 3.17. The maximum Gasteiger partial charge on any atom is 0.490 e. The number of carbonyl (C=O) groups is 2. The molecule has 6 nitrogen and oxygen atoms in total. The van der Waals surface area contributed by atoms with Crippen molar-refractivity contribution >= 4 is 11.9 Å². The lowest BCUT2D eigenvalue weighted by Gasteiger charge is -2.30. The molecule has 3 atom stereocenters. The Balaban J connectivity index is 0.000000360. The van der Waals surface area contributed by atoms with Crippen LogP contribution in [0.15, 0.2) is 18.2 Å². The molecule has 3 saturated heterocycles. The molecule has 178 valence electrons. The van der Waals surface area contributed by atoms with Gasteiger partial charge in [0.2, 0.25) is 0 Å². The lowest BCUT2D eigenvalue weighted by atomic mass is 9.92. The van der Waals surface area contributed by atoms with Crippen molar-refractivity contribution in [2.45, 2.75) is 31.5 Å². The summed E-state index contributed by atoms with van der Waals surface area (Å²) in [7, 11) is 0. The number of carboxylic acids is 1. The minimum absolute atomic E-state index is 0.0529. The van der Waals surface area contributed by atoms with Gasteiger partial charge < -0.3 is 19.6 Å². The predicted molar refractivity (Wildman–Crippen MR) is 103 cm³/mol. The summed E-state index contributed by atoms with van der Waals surface area (Å²) in [6, 6.07) is 2.99. The van der Waals surface area contributed by atoms with E-state index < -0.39 is 23.8 Å². The van der Waals surface area contributed by atoms with Gasteiger partial charge in [0.15, 0.2) is 0 Å². The van der Waals surface area contributed by atoms with Crippen molar-refractivity contribution in [1.29, 1.82) is 0 Å². The number of carboxylic acid groups (broad SMARTS) is 1. The first kappa shape index (κ1) is 24.4. The second-order valence-electron chi connectivity index (χ2n) is 8.33. The number of nitrogens with zero attached hydrogens (tertiary/aromatic N) is 2. The molecule has 0 aliphatic carbocycles. The molecule has 4 rings (SSSR count). The van der Waals surface area contributed by atoms with Gasteiger partial charge in [-0.15, -0.1) is 0 Å². The minimum Gasteiger partial charge on any atom is -0.475 e. The highest BCUT2D eigenvalue weighted by molar-refractivity contribution is 5.94. The fraction of sp³-hybridized carbons (Fsp3) is 0.619. The summed E-state index contributed by atoms with van der Waals surface area (Å²) in [4.78, 5) is 25.7. The summed E-state index contributed by atoms with van der Waals surface area (Å²) < 4.78 is 64.4. The number of fused-ring (bicyclic) bond motifs is 1. The fourth-order valence-electron chi connectivity index (χ4n) is 4.49. The monoisotopic (exact) mass is 464 g/mol. The van der Waals surface area contributed by atoms with Crippen LogP contribution in [0.2, 0.25) is 0 Å². The zero-order chi connectivity index (χ0) is 23.5. The molecule has 0 aromatic heterocycles. The quantitative estimate of drug-likeness (QED) is 0.696. The molecule has 0 unspecified atom stereocenters. The number of alkyl halides is 3. The van der Waals surface area contributed by atoms with Gasteiger partial charge in [0.05, 0.1) is 12.7 Å². The van der Waals surface area contributed by atoms with Crippen molar-refractivity contribution in [1.82, 2.24) is 9.80 Å². The standard InChI is InChI=1S/C19H24F2N2O2.C2HF3O2/c20-15-6-13(7-16(21)8-15)19(24)23-10-17-14(12-25-18(17)11-23)9-22-4-2-1-3-5-22;3-2(4,5)1(6)7/h6-8,14,17-18H,1-5,9-12H2;(H,6,7)/t14-,17+,18+;/m0./s1. The number of hydrogen-bond donors (Lipinski definition) is 1. The average Bonchev–Trinajstić information content (AvgIpc) is 3.29. The van der Waals surface area contributed by atoms with Gasteiger partial charge in [-0.1, -0.05) is 6.42 Å². The third kappa shape index (κ3) is 6.16. The first-order valence-corrected chi connectivity index (χ1v) is 10.4. The van der Waals surface area contributed by atoms with Crippen molar-refractivity contribution in [3.8, 4) is 0 Å². The Morgan fingerprint density at radius 1 is 1.03 bits per heavy atom. The summed E-state index contributed by atoms with van der Waals surface area (Å²) in [5.74, 6) is -3.75. The second kappa shape index (κ2) is 10.1. The van der Waals surface area contributed by atoms with Crippen LogP contribution in [-0.4, -0.2) is 78.4 Å². The summed E-state index contributed by atoms with van der Waals surface area (Å²) >= 11 is 0. The fourth-order valence-corrected chi connectivity index (χ4v) is 4.49. The number of rotatable bonds is 3. The first-order chi connectivity index (χ1) is 15.0. The van der Waals surface area contributed by atoms with Gasteiger partial charge in [-0.3, -0.25) is 4.79 Å². The highest BCUT2D eigenvalue weighted by Crippen LogP contribution is 2.35. The molecule has 0 saturated carbocycles. The Morgan fingerprint density at radius 3 is 2.19 bits per heavy atom. The number of amides is 1. The molecule has 3 aliphatic heterocycles. The van der Waals surface area contributed by atoms with E-state index in [1.807, 2.05) is 0 Å². The number of ether oxygens (including phenoxy) is 1. The average molecular weight is 464 g/mol. The van der Waals surface area contributed by atoms with Gasteiger partial charge in [-0.25, -0.2) is 13.6 Å². The number of carbonyl (C=O) groups excluding carboxylic acids is 1. The molecule has 1 N–H and O–H groups in total. The van der Waals surface area contributed by atoms with Crippen LogP contribution < -0.4 is 0 Å². The number of likely N-dealkylation sites (tertiary alicyclic amines) is 2. The van der Waals surface area contributed by atoms with Crippen LogP contribution in [0.1, 0.15) is 29.6 Å². The normalized spacial score (nSPS) is 25.8. The molecule has 0 bridgehead atoms. The molecule has 0 radical (unpaired) electrons. The molecule has 1 aromatic rings. The molecule has 11 heteroatoms. The Hall–Kier alpha value is -2.27. The topological polar surface area (TPSA) is 70.1 Å². The minimum atomic E-state index is -5.08. The summed E-state index contributed by atoms with van der Waals surface area (Å²) in [5, 5.41) is 7.12. The van der Waals surface area contributed by atoms with Gasteiger partial charge in [0, 0.05) is 43.1 Å². The van der Waals surface area contributed by atoms with Crippen molar-refractivity contribution in [2.75, 3.05) is 39.3 Å². The van der Waals surface area contributed by atoms with E-state index in [0.29, 0.717) is 24.9 Å². The zero-order valence-corrected chi connectivity index (χ0v) is 17.3. The number of hydrogen-bond acceptors (Lipinski definition) is 4. The van der Waals surface area contributed by atoms with Gasteiger partial charge in [-0.05, 0) is 38.1 Å². The number of halogens is 5. The lowest BCUT2D eigenvalue weighted by Crippen LogP contribution is -2.38. The van der Waals surface area contributed by atoms with Gasteiger partial charge in [-0.2, -0.15) is 13.2 Å². The smallest absolute Gasteiger partial charge is 0.475 e. The van der Waals surface area contributed by atoms with Gasteiger partial charge in [0.1, 0.15) is 11.6 Å². The van der Waals surface area contributed by atoms with Crippen molar-refractivity contribution in [2.24, 2.45) is 11.8 Å². The molecule has 32 heavy (non-hydrogen) atoms. The van der Waals surface area contributed by atoms with Gasteiger partial charge in [0.25, 0.3) is 5.91 Å². The Morgan fingerprint density at radius 2 is 1.62 bits per heavy atom. The van der Waals surface area contributed by atoms with E-state index in [1.165, 1.54) is 19.3 Å². The molecule has 1 amide bonds. The second-order valence-corrected chi connectivity index (χ2v) is 8.33. The van der Waals surface area contributed by atoms with E-state index in [4.69, 9.17) is 14.6 Å². The van der Waals surface area contributed by atoms with Crippen LogP contribution in [0.3, 0.4) is 0 Å². The molecule has 3 heterocycles. The zero-order valence-electron chi connectivity index (χ0n) is 17.3. The lowest BCUT2D eigenvalue weighted by molar-refractivity contribution is -0.192. The van der Waals surface area contributed by atoms with Crippen LogP contribution in [0.4, 0.5) is 22.0 Å². The molecule has 3 aliphatic rings. The van der Waals surface area contributed by atoms with E-state index in [-0.39, 0.29) is 17.6 Å². The number of benzene rings is 1.